The van der Waals surface area contributed by atoms with Crippen molar-refractivity contribution in [2.45, 2.75) is 25.9 Å². The minimum atomic E-state index is -0.480. The van der Waals surface area contributed by atoms with Gasteiger partial charge in [0.2, 0.25) is 0 Å². The lowest BCUT2D eigenvalue weighted by Crippen LogP contribution is -2.09. The first kappa shape index (κ1) is 16.7. The third-order valence-corrected chi connectivity index (χ3v) is 5.34. The van der Waals surface area contributed by atoms with Crippen LogP contribution in [0.4, 0.5) is 11.4 Å². The molecule has 1 atom stereocenters. The molecule has 1 aromatic carbocycles. The van der Waals surface area contributed by atoms with Gasteiger partial charge in [0.25, 0.3) is 11.6 Å². The summed E-state index contributed by atoms with van der Waals surface area (Å²) in [6, 6.07) is 6.68. The van der Waals surface area contributed by atoms with Crippen molar-refractivity contribution in [2.75, 3.05) is 11.9 Å². The van der Waals surface area contributed by atoms with Gasteiger partial charge in [0.05, 0.1) is 25.7 Å². The number of nitrogens with one attached hydrogen (secondary N) is 2. The van der Waals surface area contributed by atoms with Crippen LogP contribution in [0.15, 0.2) is 24.3 Å². The molecule has 3 heterocycles. The number of amides is 1. The Balaban J connectivity index is 1.55. The molecule has 1 aliphatic heterocycles. The molecule has 3 aromatic rings. The molecule has 134 valence electrons. The van der Waals surface area contributed by atoms with Crippen LogP contribution < -0.4 is 5.32 Å². The number of hydrogen-bond acceptors (Lipinski definition) is 6. The van der Waals surface area contributed by atoms with Crippen molar-refractivity contribution in [3.05, 3.63) is 50.0 Å². The maximum Gasteiger partial charge on any atom is 0.283 e. The molecule has 26 heavy (non-hydrogen) atoms. The van der Waals surface area contributed by atoms with E-state index < -0.39 is 4.92 Å². The molecule has 0 spiro atoms. The van der Waals surface area contributed by atoms with E-state index >= 15 is 0 Å². The number of H-pyrrole nitrogens is 1. The molecule has 1 amide bonds. The van der Waals surface area contributed by atoms with Crippen LogP contribution in [-0.4, -0.2) is 27.4 Å². The first-order chi connectivity index (χ1) is 12.5. The van der Waals surface area contributed by atoms with E-state index in [0.717, 1.165) is 47.6 Å². The van der Waals surface area contributed by atoms with Crippen molar-refractivity contribution in [3.63, 3.8) is 0 Å². The largest absolute Gasteiger partial charge is 0.370 e. The predicted octanol–water partition coefficient (Wildman–Crippen LogP) is 3.94. The maximum absolute atomic E-state index is 12.4. The zero-order chi connectivity index (χ0) is 18.3. The molecule has 1 fully saturated rings. The quantitative estimate of drug-likeness (QED) is 0.532. The normalized spacial score (nSPS) is 16.9. The number of carbonyl (C=O) groups is 1. The summed E-state index contributed by atoms with van der Waals surface area (Å²) in [4.78, 5) is 31.4. The van der Waals surface area contributed by atoms with E-state index in [1.165, 1.54) is 6.07 Å². The van der Waals surface area contributed by atoms with Crippen LogP contribution in [0.2, 0.25) is 0 Å². The third-order valence-electron chi connectivity index (χ3n) is 4.30. The van der Waals surface area contributed by atoms with Gasteiger partial charge in [-0.3, -0.25) is 14.9 Å². The molecule has 2 aromatic heterocycles. The van der Waals surface area contributed by atoms with Crippen molar-refractivity contribution in [1.29, 1.82) is 0 Å². The summed E-state index contributed by atoms with van der Waals surface area (Å²) in [5.41, 5.74) is 2.17. The highest BCUT2D eigenvalue weighted by atomic mass is 32.1. The number of nitrogens with zero attached hydrogens (tertiary/aromatic N) is 2. The number of benzene rings is 1. The van der Waals surface area contributed by atoms with Crippen LogP contribution in [0.25, 0.3) is 11.0 Å². The van der Waals surface area contributed by atoms with Gasteiger partial charge < -0.3 is 15.0 Å². The number of aromatic amines is 1. The molecule has 0 saturated carbocycles. The van der Waals surface area contributed by atoms with Gasteiger partial charge in [-0.05, 0) is 38.0 Å². The van der Waals surface area contributed by atoms with Crippen molar-refractivity contribution in [3.8, 4) is 0 Å². The summed E-state index contributed by atoms with van der Waals surface area (Å²) in [5, 5.41) is 13.7. The van der Waals surface area contributed by atoms with E-state index in [9.17, 15) is 14.9 Å². The first-order valence-corrected chi connectivity index (χ1v) is 9.00. The second kappa shape index (κ2) is 6.50. The Morgan fingerprint density at radius 2 is 2.31 bits per heavy atom. The molecule has 1 saturated heterocycles. The minimum Gasteiger partial charge on any atom is -0.370 e. The van der Waals surface area contributed by atoms with E-state index in [0.29, 0.717) is 15.4 Å². The zero-order valence-corrected chi connectivity index (χ0v) is 14.8. The number of carbonyl (C=O) groups excluding carboxylic acids is 1. The molecule has 8 nitrogen and oxygen atoms in total. The number of nitro groups is 1. The van der Waals surface area contributed by atoms with Crippen molar-refractivity contribution >= 4 is 39.7 Å². The highest BCUT2D eigenvalue weighted by Crippen LogP contribution is 2.30. The van der Waals surface area contributed by atoms with Gasteiger partial charge in [-0.1, -0.05) is 0 Å². The van der Waals surface area contributed by atoms with Crippen LogP contribution in [-0.2, 0) is 4.74 Å². The number of rotatable bonds is 4. The average Bonchev–Trinajstić information content (AvgIpc) is 3.32. The summed E-state index contributed by atoms with van der Waals surface area (Å²) >= 11 is 1.10. The second-order valence-corrected chi connectivity index (χ2v) is 7.38. The second-order valence-electron chi connectivity index (χ2n) is 6.12. The molecule has 1 aliphatic rings. The van der Waals surface area contributed by atoms with Gasteiger partial charge in [0.1, 0.15) is 11.9 Å². The number of aromatic nitrogens is 2. The summed E-state index contributed by atoms with van der Waals surface area (Å²) in [5.74, 6) is 0.426. The number of aryl methyl sites for hydroxylation is 1. The summed E-state index contributed by atoms with van der Waals surface area (Å²) in [6.07, 6.45) is 1.96. The lowest BCUT2D eigenvalue weighted by atomic mass is 10.2. The summed E-state index contributed by atoms with van der Waals surface area (Å²) < 4.78 is 5.64. The molecule has 1 unspecified atom stereocenters. The highest BCUT2D eigenvalue weighted by molar-refractivity contribution is 7.14. The number of anilines is 1. The Morgan fingerprint density at radius 1 is 1.46 bits per heavy atom. The van der Waals surface area contributed by atoms with E-state index in [1.54, 1.807) is 19.1 Å². The van der Waals surface area contributed by atoms with Gasteiger partial charge in [-0.2, -0.15) is 0 Å². The van der Waals surface area contributed by atoms with Gasteiger partial charge in [-0.15, -0.1) is 11.3 Å². The Hall–Kier alpha value is -2.78. The fourth-order valence-electron chi connectivity index (χ4n) is 3.01. The fourth-order valence-corrected chi connectivity index (χ4v) is 3.89. The maximum atomic E-state index is 12.4. The topological polar surface area (TPSA) is 110 Å². The SMILES string of the molecule is Cc1sc(C(=O)Nc2ccc3nc(C4CCCO4)[nH]c3c2)cc1[N+](=O)[O-]. The van der Waals surface area contributed by atoms with E-state index in [1.807, 2.05) is 6.07 Å². The molecule has 9 heteroatoms. The van der Waals surface area contributed by atoms with Gasteiger partial charge in [0.15, 0.2) is 0 Å². The fraction of sp³-hybridized carbons (Fsp3) is 0.294. The number of hydrogen-bond donors (Lipinski definition) is 2. The van der Waals surface area contributed by atoms with Gasteiger partial charge in [0, 0.05) is 18.4 Å². The number of thiophene rings is 1. The molecular weight excluding hydrogens is 356 g/mol. The standard InChI is InChI=1S/C17H16N4O4S/c1-9-13(21(23)24)8-15(26-9)17(22)18-10-4-5-11-12(7-10)20-16(19-11)14-3-2-6-25-14/h4-5,7-8,14H,2-3,6H2,1H3,(H,18,22)(H,19,20). The molecule has 0 bridgehead atoms. The monoisotopic (exact) mass is 372 g/mol. The number of ether oxygens (including phenoxy) is 1. The van der Waals surface area contributed by atoms with Crippen LogP contribution in [0.3, 0.4) is 0 Å². The van der Waals surface area contributed by atoms with Crippen LogP contribution in [0.1, 0.15) is 39.3 Å². The summed E-state index contributed by atoms with van der Waals surface area (Å²) in [7, 11) is 0. The molecule has 0 radical (unpaired) electrons. The Bertz CT molecular complexity index is 1000. The molecular formula is C17H16N4O4S. The molecule has 4 rings (SSSR count). The highest BCUT2D eigenvalue weighted by Gasteiger charge is 2.22. The lowest BCUT2D eigenvalue weighted by Gasteiger charge is -2.03. The third kappa shape index (κ3) is 3.06. The van der Waals surface area contributed by atoms with E-state index in [4.69, 9.17) is 4.74 Å². The van der Waals surface area contributed by atoms with E-state index in [2.05, 4.69) is 15.3 Å². The average molecular weight is 372 g/mol. The smallest absolute Gasteiger partial charge is 0.283 e. The zero-order valence-electron chi connectivity index (χ0n) is 13.9. The number of fused-ring (bicyclic) bond motifs is 1. The Morgan fingerprint density at radius 3 is 3.00 bits per heavy atom. The lowest BCUT2D eigenvalue weighted by molar-refractivity contribution is -0.385. The van der Waals surface area contributed by atoms with Crippen molar-refractivity contribution < 1.29 is 14.5 Å². The van der Waals surface area contributed by atoms with Gasteiger partial charge in [-0.25, -0.2) is 4.98 Å². The Kier molecular flexibility index (Phi) is 4.17. The van der Waals surface area contributed by atoms with Crippen molar-refractivity contribution in [1.82, 2.24) is 9.97 Å². The van der Waals surface area contributed by atoms with Crippen molar-refractivity contribution in [2.24, 2.45) is 0 Å². The number of imidazole rings is 1. The van der Waals surface area contributed by atoms with Crippen LogP contribution >= 0.6 is 11.3 Å². The Labute approximate surface area is 152 Å². The molecule has 0 aliphatic carbocycles. The minimum absolute atomic E-state index is 0.00455. The van der Waals surface area contributed by atoms with Crippen LogP contribution in [0, 0.1) is 17.0 Å². The first-order valence-electron chi connectivity index (χ1n) is 8.19. The molecule has 2 N–H and O–H groups in total. The van der Waals surface area contributed by atoms with Crippen LogP contribution in [0.5, 0.6) is 0 Å². The summed E-state index contributed by atoms with van der Waals surface area (Å²) in [6.45, 7) is 2.37. The predicted molar refractivity (Wildman–Crippen MR) is 97.7 cm³/mol. The van der Waals surface area contributed by atoms with Gasteiger partial charge >= 0.3 is 0 Å². The van der Waals surface area contributed by atoms with E-state index in [-0.39, 0.29) is 17.7 Å².